The Labute approximate surface area is 223 Å². The number of alkyl halides is 3. The SMILES string of the molecule is COCCN1C(=O)c2ccccc2[C@@H](C(=O)N2CCN(c3cccc(C(F)(F)F)c3)CC2)[C@H]1c1cccs1. The Morgan fingerprint density at radius 2 is 1.79 bits per heavy atom. The average molecular weight is 544 g/mol. The summed E-state index contributed by atoms with van der Waals surface area (Å²) in [4.78, 5) is 34.0. The van der Waals surface area contributed by atoms with Gasteiger partial charge in [-0.2, -0.15) is 13.2 Å². The molecular weight excluding hydrogens is 515 g/mol. The number of halogens is 3. The van der Waals surface area contributed by atoms with Gasteiger partial charge in [0.15, 0.2) is 0 Å². The normalized spacial score (nSPS) is 20.0. The van der Waals surface area contributed by atoms with Gasteiger partial charge >= 0.3 is 6.18 Å². The highest BCUT2D eigenvalue weighted by Gasteiger charge is 2.46. The van der Waals surface area contributed by atoms with Gasteiger partial charge in [-0.1, -0.05) is 30.3 Å². The number of anilines is 1. The molecule has 0 radical (unpaired) electrons. The number of rotatable bonds is 6. The standard InChI is InChI=1S/C28H28F3N3O3S/c1-37-16-15-34-25(23-10-5-17-38-23)24(21-8-2-3-9-22(21)26(34)35)27(36)33-13-11-32(12-14-33)20-7-4-6-19(18-20)28(29,30)31/h2-10,17-18,24-25H,11-16H2,1H3/t24-,25-/m1/s1. The van der Waals surface area contributed by atoms with Gasteiger partial charge in [0.25, 0.3) is 5.91 Å². The van der Waals surface area contributed by atoms with Crippen LogP contribution in [0.15, 0.2) is 66.0 Å². The number of carbonyl (C=O) groups excluding carboxylic acids is 2. The molecule has 0 saturated carbocycles. The van der Waals surface area contributed by atoms with Gasteiger partial charge in [-0.3, -0.25) is 9.59 Å². The van der Waals surface area contributed by atoms with Crippen molar-refractivity contribution < 1.29 is 27.5 Å². The zero-order chi connectivity index (χ0) is 26.9. The van der Waals surface area contributed by atoms with Gasteiger partial charge in [0.1, 0.15) is 0 Å². The minimum Gasteiger partial charge on any atom is -0.383 e. The van der Waals surface area contributed by atoms with E-state index in [1.165, 1.54) is 17.4 Å². The predicted molar refractivity (Wildman–Crippen MR) is 139 cm³/mol. The fourth-order valence-electron chi connectivity index (χ4n) is 5.33. The van der Waals surface area contributed by atoms with Crippen LogP contribution in [0.2, 0.25) is 0 Å². The lowest BCUT2D eigenvalue weighted by Crippen LogP contribution is -2.53. The quantitative estimate of drug-likeness (QED) is 0.437. The number of benzene rings is 2. The number of carbonyl (C=O) groups is 2. The number of nitrogens with zero attached hydrogens (tertiary/aromatic N) is 3. The van der Waals surface area contributed by atoms with Crippen molar-refractivity contribution in [1.82, 2.24) is 9.80 Å². The van der Waals surface area contributed by atoms with Gasteiger partial charge in [-0.05, 0) is 41.3 Å². The van der Waals surface area contributed by atoms with Crippen LogP contribution in [0, 0.1) is 0 Å². The van der Waals surface area contributed by atoms with Gasteiger partial charge in [0, 0.05) is 56.0 Å². The van der Waals surface area contributed by atoms with Crippen LogP contribution in [0.25, 0.3) is 0 Å². The van der Waals surface area contributed by atoms with Crippen molar-refractivity contribution in [2.45, 2.75) is 18.1 Å². The van der Waals surface area contributed by atoms with E-state index in [-0.39, 0.29) is 11.8 Å². The average Bonchev–Trinajstić information content (AvgIpc) is 3.46. The zero-order valence-electron chi connectivity index (χ0n) is 20.9. The molecular formula is C28H28F3N3O3S. The molecule has 2 aliphatic heterocycles. The first-order chi connectivity index (χ1) is 18.3. The number of fused-ring (bicyclic) bond motifs is 1. The van der Waals surface area contributed by atoms with E-state index in [2.05, 4.69) is 0 Å². The molecule has 0 bridgehead atoms. The Kier molecular flexibility index (Phi) is 7.45. The summed E-state index contributed by atoms with van der Waals surface area (Å²) >= 11 is 1.51. The molecule has 3 heterocycles. The smallest absolute Gasteiger partial charge is 0.383 e. The third kappa shape index (κ3) is 5.02. The molecule has 2 amide bonds. The van der Waals surface area contributed by atoms with Gasteiger partial charge in [-0.15, -0.1) is 11.3 Å². The maximum atomic E-state index is 14.2. The van der Waals surface area contributed by atoms with E-state index in [9.17, 15) is 22.8 Å². The minimum atomic E-state index is -4.41. The highest BCUT2D eigenvalue weighted by atomic mass is 32.1. The van der Waals surface area contributed by atoms with E-state index < -0.39 is 23.7 Å². The number of piperazine rings is 1. The van der Waals surface area contributed by atoms with Crippen molar-refractivity contribution in [2.24, 2.45) is 0 Å². The molecule has 1 saturated heterocycles. The molecule has 2 aromatic carbocycles. The maximum absolute atomic E-state index is 14.2. The topological polar surface area (TPSA) is 53.1 Å². The van der Waals surface area contributed by atoms with Crippen LogP contribution >= 0.6 is 11.3 Å². The number of ether oxygens (including phenoxy) is 1. The van der Waals surface area contributed by atoms with E-state index in [1.807, 2.05) is 34.5 Å². The molecule has 0 N–H and O–H groups in total. The van der Waals surface area contributed by atoms with Crippen LogP contribution in [-0.4, -0.2) is 68.1 Å². The third-order valence-electron chi connectivity index (χ3n) is 7.21. The Morgan fingerprint density at radius 1 is 1.03 bits per heavy atom. The summed E-state index contributed by atoms with van der Waals surface area (Å²) in [6.45, 7) is 2.26. The lowest BCUT2D eigenvalue weighted by molar-refractivity contribution is -0.137. The predicted octanol–water partition coefficient (Wildman–Crippen LogP) is 5.04. The van der Waals surface area contributed by atoms with Crippen molar-refractivity contribution >= 4 is 28.8 Å². The number of amides is 2. The summed E-state index contributed by atoms with van der Waals surface area (Å²) in [6, 6.07) is 15.9. The minimum absolute atomic E-state index is 0.0885. The molecule has 2 atom stereocenters. The summed E-state index contributed by atoms with van der Waals surface area (Å²) in [5, 5.41) is 1.93. The molecule has 38 heavy (non-hydrogen) atoms. The summed E-state index contributed by atoms with van der Waals surface area (Å²) in [5.74, 6) is -0.816. The Hall–Kier alpha value is -3.37. The fourth-order valence-corrected chi connectivity index (χ4v) is 6.20. The second-order valence-corrected chi connectivity index (χ2v) is 10.4. The fraction of sp³-hybridized carbons (Fsp3) is 0.357. The summed E-state index contributed by atoms with van der Waals surface area (Å²) in [7, 11) is 1.58. The first kappa shape index (κ1) is 26.2. The Bertz CT molecular complexity index is 1290. The summed E-state index contributed by atoms with van der Waals surface area (Å²) < 4.78 is 44.9. The summed E-state index contributed by atoms with van der Waals surface area (Å²) in [6.07, 6.45) is -4.41. The van der Waals surface area contributed by atoms with Gasteiger partial charge in [0.2, 0.25) is 5.91 Å². The molecule has 6 nitrogen and oxygen atoms in total. The van der Waals surface area contributed by atoms with Crippen LogP contribution < -0.4 is 4.90 Å². The zero-order valence-corrected chi connectivity index (χ0v) is 21.7. The Balaban J connectivity index is 1.42. The highest BCUT2D eigenvalue weighted by molar-refractivity contribution is 7.10. The van der Waals surface area contributed by atoms with Crippen molar-refractivity contribution in [3.63, 3.8) is 0 Å². The molecule has 0 spiro atoms. The molecule has 10 heteroatoms. The number of hydrogen-bond acceptors (Lipinski definition) is 5. The van der Waals surface area contributed by atoms with Gasteiger partial charge in [-0.25, -0.2) is 0 Å². The molecule has 3 aromatic rings. The first-order valence-corrected chi connectivity index (χ1v) is 13.3. The van der Waals surface area contributed by atoms with Crippen LogP contribution in [0.5, 0.6) is 0 Å². The largest absolute Gasteiger partial charge is 0.416 e. The molecule has 0 aliphatic carbocycles. The molecule has 1 fully saturated rings. The Morgan fingerprint density at radius 3 is 2.47 bits per heavy atom. The van der Waals surface area contributed by atoms with E-state index in [0.717, 1.165) is 17.0 Å². The molecule has 1 aromatic heterocycles. The second-order valence-electron chi connectivity index (χ2n) is 9.38. The van der Waals surface area contributed by atoms with Crippen molar-refractivity contribution in [2.75, 3.05) is 51.3 Å². The van der Waals surface area contributed by atoms with Gasteiger partial charge in [0.05, 0.1) is 24.1 Å². The van der Waals surface area contributed by atoms with Crippen molar-refractivity contribution in [3.8, 4) is 0 Å². The van der Waals surface area contributed by atoms with Crippen LogP contribution in [-0.2, 0) is 15.7 Å². The summed E-state index contributed by atoms with van der Waals surface area (Å²) in [5.41, 5.74) is 1.02. The number of thiophene rings is 1. The highest BCUT2D eigenvalue weighted by Crippen LogP contribution is 2.45. The maximum Gasteiger partial charge on any atom is 0.416 e. The van der Waals surface area contributed by atoms with Crippen molar-refractivity contribution in [1.29, 1.82) is 0 Å². The first-order valence-electron chi connectivity index (χ1n) is 12.4. The van der Waals surface area contributed by atoms with E-state index in [1.54, 1.807) is 35.1 Å². The van der Waals surface area contributed by atoms with E-state index in [4.69, 9.17) is 4.74 Å². The number of hydrogen-bond donors (Lipinski definition) is 0. The second kappa shape index (κ2) is 10.8. The van der Waals surface area contributed by atoms with Crippen molar-refractivity contribution in [3.05, 3.63) is 87.6 Å². The molecule has 0 unspecified atom stereocenters. The molecule has 5 rings (SSSR count). The van der Waals surface area contributed by atoms with E-state index >= 15 is 0 Å². The van der Waals surface area contributed by atoms with Crippen LogP contribution in [0.3, 0.4) is 0 Å². The lowest BCUT2D eigenvalue weighted by Gasteiger charge is -2.44. The van der Waals surface area contributed by atoms with Crippen LogP contribution in [0.1, 0.15) is 38.3 Å². The number of methoxy groups -OCH3 is 1. The third-order valence-corrected chi connectivity index (χ3v) is 8.15. The van der Waals surface area contributed by atoms with Gasteiger partial charge < -0.3 is 19.4 Å². The molecule has 2 aliphatic rings. The van der Waals surface area contributed by atoms with Crippen LogP contribution in [0.4, 0.5) is 18.9 Å². The monoisotopic (exact) mass is 543 g/mol. The van der Waals surface area contributed by atoms with E-state index in [0.29, 0.717) is 56.1 Å². The molecule has 200 valence electrons. The lowest BCUT2D eigenvalue weighted by atomic mass is 9.81.